The third kappa shape index (κ3) is 3.31. The van der Waals surface area contributed by atoms with Gasteiger partial charge in [-0.05, 0) is 24.6 Å². The minimum absolute atomic E-state index is 0.862. The molecule has 1 N–H and O–H groups in total. The highest BCUT2D eigenvalue weighted by atomic mass is 15.2. The van der Waals surface area contributed by atoms with Crippen LogP contribution in [0.2, 0.25) is 0 Å². The molecule has 0 aliphatic heterocycles. The standard InChI is InChI=1S/C16H19N5/c1-20(14-6-3-2-4-7-14)12-5-10-17-15-9-13-21-16(19-15)8-11-18-21/h2-4,6-9,11,13H,5,10,12H2,1H3,(H,17,19). The van der Waals surface area contributed by atoms with E-state index in [4.69, 9.17) is 0 Å². The predicted octanol–water partition coefficient (Wildman–Crippen LogP) is 2.67. The zero-order chi connectivity index (χ0) is 14.5. The second-order valence-electron chi connectivity index (χ2n) is 4.98. The van der Waals surface area contributed by atoms with Crippen LogP contribution < -0.4 is 10.2 Å². The van der Waals surface area contributed by atoms with Gasteiger partial charge in [-0.3, -0.25) is 0 Å². The maximum atomic E-state index is 4.49. The zero-order valence-corrected chi connectivity index (χ0v) is 12.1. The summed E-state index contributed by atoms with van der Waals surface area (Å²) >= 11 is 0. The molecule has 0 atom stereocenters. The molecule has 0 bridgehead atoms. The van der Waals surface area contributed by atoms with Crippen molar-refractivity contribution in [3.05, 3.63) is 54.9 Å². The van der Waals surface area contributed by atoms with Crippen molar-refractivity contribution in [1.82, 2.24) is 14.6 Å². The maximum absolute atomic E-state index is 4.49. The van der Waals surface area contributed by atoms with Crippen molar-refractivity contribution in [2.75, 3.05) is 30.4 Å². The van der Waals surface area contributed by atoms with Gasteiger partial charge in [0, 0.05) is 38.1 Å². The van der Waals surface area contributed by atoms with Crippen LogP contribution in [0.3, 0.4) is 0 Å². The number of benzene rings is 1. The molecule has 3 aromatic rings. The lowest BCUT2D eigenvalue weighted by atomic mass is 10.3. The molecule has 0 aliphatic carbocycles. The number of fused-ring (bicyclic) bond motifs is 1. The van der Waals surface area contributed by atoms with E-state index in [1.165, 1.54) is 5.69 Å². The molecule has 2 heterocycles. The third-order valence-corrected chi connectivity index (χ3v) is 3.43. The average molecular weight is 281 g/mol. The van der Waals surface area contributed by atoms with Gasteiger partial charge in [-0.25, -0.2) is 9.50 Å². The van der Waals surface area contributed by atoms with E-state index in [0.717, 1.165) is 31.0 Å². The van der Waals surface area contributed by atoms with E-state index in [2.05, 4.69) is 51.6 Å². The number of nitrogens with one attached hydrogen (secondary N) is 1. The molecule has 0 fully saturated rings. The molecule has 5 nitrogen and oxygen atoms in total. The molecule has 0 unspecified atom stereocenters. The lowest BCUT2D eigenvalue weighted by molar-refractivity contribution is 0.813. The van der Waals surface area contributed by atoms with Crippen molar-refractivity contribution in [3.63, 3.8) is 0 Å². The van der Waals surface area contributed by atoms with E-state index >= 15 is 0 Å². The maximum Gasteiger partial charge on any atom is 0.157 e. The van der Waals surface area contributed by atoms with Crippen LogP contribution >= 0.6 is 0 Å². The molecule has 0 saturated carbocycles. The van der Waals surface area contributed by atoms with Gasteiger partial charge in [0.05, 0.1) is 6.20 Å². The first-order valence-electron chi connectivity index (χ1n) is 7.13. The summed E-state index contributed by atoms with van der Waals surface area (Å²) in [5, 5.41) is 7.49. The molecule has 5 heteroatoms. The Balaban J connectivity index is 1.47. The van der Waals surface area contributed by atoms with Crippen molar-refractivity contribution < 1.29 is 0 Å². The van der Waals surface area contributed by atoms with Gasteiger partial charge < -0.3 is 10.2 Å². The summed E-state index contributed by atoms with van der Waals surface area (Å²) in [7, 11) is 2.12. The molecule has 0 spiro atoms. The summed E-state index contributed by atoms with van der Waals surface area (Å²) in [4.78, 5) is 6.74. The quantitative estimate of drug-likeness (QED) is 0.706. The number of para-hydroxylation sites is 1. The average Bonchev–Trinajstić information content (AvgIpc) is 3.00. The van der Waals surface area contributed by atoms with Gasteiger partial charge in [-0.2, -0.15) is 5.10 Å². The van der Waals surface area contributed by atoms with Crippen molar-refractivity contribution >= 4 is 17.2 Å². The summed E-state index contributed by atoms with van der Waals surface area (Å²) in [5.74, 6) is 0.894. The number of aromatic nitrogens is 3. The normalized spacial score (nSPS) is 10.7. The van der Waals surface area contributed by atoms with Crippen LogP contribution in [0, 0.1) is 0 Å². The summed E-state index contributed by atoms with van der Waals surface area (Å²) < 4.78 is 1.76. The fraction of sp³-hybridized carbons (Fsp3) is 0.250. The highest BCUT2D eigenvalue weighted by Gasteiger charge is 2.00. The summed E-state index contributed by atoms with van der Waals surface area (Å²) in [6.07, 6.45) is 4.72. The Bertz CT molecular complexity index is 692. The number of rotatable bonds is 6. The summed E-state index contributed by atoms with van der Waals surface area (Å²) in [6.45, 7) is 1.90. The molecule has 0 radical (unpaired) electrons. The molecule has 1 aromatic carbocycles. The van der Waals surface area contributed by atoms with Gasteiger partial charge in [-0.15, -0.1) is 0 Å². The molecule has 3 rings (SSSR count). The van der Waals surface area contributed by atoms with Crippen molar-refractivity contribution in [2.45, 2.75) is 6.42 Å². The van der Waals surface area contributed by atoms with Gasteiger partial charge in [0.25, 0.3) is 0 Å². The van der Waals surface area contributed by atoms with Gasteiger partial charge >= 0.3 is 0 Å². The van der Waals surface area contributed by atoms with Crippen LogP contribution in [0.25, 0.3) is 5.65 Å². The minimum atomic E-state index is 0.862. The fourth-order valence-corrected chi connectivity index (χ4v) is 2.26. The molecule has 108 valence electrons. The molecule has 2 aromatic heterocycles. The van der Waals surface area contributed by atoms with Crippen LogP contribution in [0.1, 0.15) is 6.42 Å². The van der Waals surface area contributed by atoms with E-state index in [1.807, 2.05) is 24.4 Å². The van der Waals surface area contributed by atoms with Gasteiger partial charge in [0.1, 0.15) is 5.82 Å². The van der Waals surface area contributed by atoms with E-state index in [-0.39, 0.29) is 0 Å². The first kappa shape index (κ1) is 13.4. The zero-order valence-electron chi connectivity index (χ0n) is 12.1. The predicted molar refractivity (Wildman–Crippen MR) is 85.8 cm³/mol. The minimum Gasteiger partial charge on any atom is -0.375 e. The Morgan fingerprint density at radius 2 is 2.00 bits per heavy atom. The van der Waals surface area contributed by atoms with Crippen LogP contribution in [0.15, 0.2) is 54.9 Å². The van der Waals surface area contributed by atoms with E-state index in [0.29, 0.717) is 0 Å². The SMILES string of the molecule is CN(CCCNc1ccn2nccc2n1)c1ccccc1. The van der Waals surface area contributed by atoms with Crippen LogP contribution in [-0.4, -0.2) is 34.7 Å². The first-order valence-corrected chi connectivity index (χ1v) is 7.13. The van der Waals surface area contributed by atoms with Crippen molar-refractivity contribution in [3.8, 4) is 0 Å². The lowest BCUT2D eigenvalue weighted by Crippen LogP contribution is -2.20. The van der Waals surface area contributed by atoms with Gasteiger partial charge in [-0.1, -0.05) is 18.2 Å². The topological polar surface area (TPSA) is 45.5 Å². The largest absolute Gasteiger partial charge is 0.375 e. The summed E-state index contributed by atoms with van der Waals surface area (Å²) in [5.41, 5.74) is 2.11. The van der Waals surface area contributed by atoms with Gasteiger partial charge in [0.2, 0.25) is 0 Å². The van der Waals surface area contributed by atoms with E-state index in [9.17, 15) is 0 Å². The molecule has 0 aliphatic rings. The van der Waals surface area contributed by atoms with E-state index in [1.54, 1.807) is 10.7 Å². The van der Waals surface area contributed by atoms with Crippen LogP contribution in [-0.2, 0) is 0 Å². The number of hydrogen-bond acceptors (Lipinski definition) is 4. The monoisotopic (exact) mass is 281 g/mol. The van der Waals surface area contributed by atoms with Crippen LogP contribution in [0.4, 0.5) is 11.5 Å². The first-order chi connectivity index (χ1) is 10.3. The number of anilines is 2. The second-order valence-corrected chi connectivity index (χ2v) is 4.98. The molecular weight excluding hydrogens is 262 g/mol. The van der Waals surface area contributed by atoms with Crippen LogP contribution in [0.5, 0.6) is 0 Å². The Labute approximate surface area is 124 Å². The Hall–Kier alpha value is -2.56. The molecule has 0 amide bonds. The van der Waals surface area contributed by atoms with Gasteiger partial charge in [0.15, 0.2) is 5.65 Å². The molecular formula is C16H19N5. The third-order valence-electron chi connectivity index (χ3n) is 3.43. The van der Waals surface area contributed by atoms with Crippen molar-refractivity contribution in [2.24, 2.45) is 0 Å². The van der Waals surface area contributed by atoms with Crippen molar-refractivity contribution in [1.29, 1.82) is 0 Å². The highest BCUT2D eigenvalue weighted by molar-refractivity contribution is 5.46. The van der Waals surface area contributed by atoms with E-state index < -0.39 is 0 Å². The Kier molecular flexibility index (Phi) is 4.00. The fourth-order valence-electron chi connectivity index (χ4n) is 2.26. The smallest absolute Gasteiger partial charge is 0.157 e. The summed E-state index contributed by atoms with van der Waals surface area (Å²) in [6, 6.07) is 14.3. The second kappa shape index (κ2) is 6.26. The highest BCUT2D eigenvalue weighted by Crippen LogP contribution is 2.11. The Morgan fingerprint density at radius 1 is 1.14 bits per heavy atom. The Morgan fingerprint density at radius 3 is 2.86 bits per heavy atom. The number of hydrogen-bond donors (Lipinski definition) is 1. The number of nitrogens with zero attached hydrogens (tertiary/aromatic N) is 4. The lowest BCUT2D eigenvalue weighted by Gasteiger charge is -2.19. The molecule has 21 heavy (non-hydrogen) atoms. The molecule has 0 saturated heterocycles.